The Morgan fingerprint density at radius 2 is 2.17 bits per heavy atom. The molecule has 1 N–H and O–H groups in total. The number of thiazole rings is 1. The average molecular weight is 344 g/mol. The van der Waals surface area contributed by atoms with Crippen molar-refractivity contribution in [2.24, 2.45) is 5.92 Å². The monoisotopic (exact) mass is 344 g/mol. The van der Waals surface area contributed by atoms with E-state index in [2.05, 4.69) is 16.3 Å². The first-order chi connectivity index (χ1) is 11.7. The van der Waals surface area contributed by atoms with Gasteiger partial charge in [-0.05, 0) is 25.0 Å². The number of carbonyl (C=O) groups is 2. The Balaban J connectivity index is 1.48. The van der Waals surface area contributed by atoms with Crippen LogP contribution in [-0.2, 0) is 9.59 Å². The molecule has 0 aliphatic carbocycles. The van der Waals surface area contributed by atoms with Crippen LogP contribution in [0.4, 0.5) is 5.13 Å². The maximum atomic E-state index is 12.7. The number of hydrogen-bond donors (Lipinski definition) is 1. The van der Waals surface area contributed by atoms with Crippen LogP contribution in [0.15, 0.2) is 24.3 Å². The Bertz CT molecular complexity index is 742. The van der Waals surface area contributed by atoms with Gasteiger partial charge in [-0.3, -0.25) is 9.59 Å². The molecule has 0 bridgehead atoms. The summed E-state index contributed by atoms with van der Waals surface area (Å²) < 4.78 is 1.17. The molecular formula is C17H20N4O2S. The van der Waals surface area contributed by atoms with Gasteiger partial charge in [-0.15, -0.1) is 0 Å². The molecule has 1 unspecified atom stereocenters. The molecule has 2 aromatic rings. The number of benzene rings is 1. The molecule has 2 aliphatic heterocycles. The number of para-hydroxylation sites is 1. The highest BCUT2D eigenvalue weighted by Crippen LogP contribution is 2.31. The first kappa shape index (κ1) is 15.4. The summed E-state index contributed by atoms with van der Waals surface area (Å²) in [6, 6.07) is 8.12. The summed E-state index contributed by atoms with van der Waals surface area (Å²) in [5.41, 5.74) is 1.01. The van der Waals surface area contributed by atoms with E-state index in [0.717, 1.165) is 30.0 Å². The second-order valence-corrected chi connectivity index (χ2v) is 7.37. The number of amides is 2. The van der Waals surface area contributed by atoms with Crippen LogP contribution in [0.2, 0.25) is 0 Å². The molecule has 6 nitrogen and oxygen atoms in total. The standard InChI is InChI=1S/C17H20N4O2S/c22-15-11-20(9-7-18-15)16(23)12-4-3-8-21(10-12)17-19-13-5-1-2-6-14(13)24-17/h1-2,5-6,12H,3-4,7-11H2,(H,18,22). The summed E-state index contributed by atoms with van der Waals surface area (Å²) in [4.78, 5) is 32.9. The number of hydrogen-bond acceptors (Lipinski definition) is 5. The lowest BCUT2D eigenvalue weighted by atomic mass is 9.96. The molecule has 7 heteroatoms. The Kier molecular flexibility index (Phi) is 4.10. The third kappa shape index (κ3) is 2.96. The fraction of sp³-hybridized carbons (Fsp3) is 0.471. The van der Waals surface area contributed by atoms with Crippen molar-refractivity contribution in [1.82, 2.24) is 15.2 Å². The van der Waals surface area contributed by atoms with Gasteiger partial charge in [0.1, 0.15) is 0 Å². The molecule has 1 atom stereocenters. The number of nitrogens with zero attached hydrogens (tertiary/aromatic N) is 3. The predicted octanol–water partition coefficient (Wildman–Crippen LogP) is 1.47. The van der Waals surface area contributed by atoms with Gasteiger partial charge in [0, 0.05) is 26.2 Å². The molecule has 2 aliphatic rings. The van der Waals surface area contributed by atoms with Crippen molar-refractivity contribution in [1.29, 1.82) is 0 Å². The van der Waals surface area contributed by atoms with Gasteiger partial charge in [-0.25, -0.2) is 4.98 Å². The van der Waals surface area contributed by atoms with Crippen LogP contribution in [0.25, 0.3) is 10.2 Å². The second kappa shape index (κ2) is 6.39. The molecule has 0 radical (unpaired) electrons. The number of piperidine rings is 1. The Labute approximate surface area is 144 Å². The Morgan fingerprint density at radius 1 is 1.29 bits per heavy atom. The minimum absolute atomic E-state index is 0.0448. The molecule has 2 saturated heterocycles. The molecule has 3 heterocycles. The molecule has 1 aromatic heterocycles. The fourth-order valence-corrected chi connectivity index (χ4v) is 4.43. The summed E-state index contributed by atoms with van der Waals surface area (Å²) in [6.45, 7) is 2.98. The summed E-state index contributed by atoms with van der Waals surface area (Å²) in [5.74, 6) is 0.000706. The molecule has 0 saturated carbocycles. The SMILES string of the molecule is O=C1CN(C(=O)C2CCCN(c3nc4ccccc4s3)C2)CCN1. The highest BCUT2D eigenvalue weighted by atomic mass is 32.1. The van der Waals surface area contributed by atoms with Crippen LogP contribution in [0.1, 0.15) is 12.8 Å². The molecule has 2 amide bonds. The van der Waals surface area contributed by atoms with Gasteiger partial charge in [0.05, 0.1) is 22.7 Å². The zero-order valence-electron chi connectivity index (χ0n) is 13.4. The zero-order valence-corrected chi connectivity index (χ0v) is 14.2. The van der Waals surface area contributed by atoms with Crippen LogP contribution < -0.4 is 10.2 Å². The number of fused-ring (bicyclic) bond motifs is 1. The first-order valence-electron chi connectivity index (χ1n) is 8.37. The van der Waals surface area contributed by atoms with Crippen molar-refractivity contribution in [2.45, 2.75) is 12.8 Å². The highest BCUT2D eigenvalue weighted by Gasteiger charge is 2.32. The zero-order chi connectivity index (χ0) is 16.5. The topological polar surface area (TPSA) is 65.5 Å². The second-order valence-electron chi connectivity index (χ2n) is 6.36. The van der Waals surface area contributed by atoms with Crippen molar-refractivity contribution in [3.05, 3.63) is 24.3 Å². The number of piperazine rings is 1. The van der Waals surface area contributed by atoms with E-state index >= 15 is 0 Å². The van der Waals surface area contributed by atoms with Gasteiger partial charge >= 0.3 is 0 Å². The number of rotatable bonds is 2. The molecule has 1 aromatic carbocycles. The first-order valence-corrected chi connectivity index (χ1v) is 9.18. The van der Waals surface area contributed by atoms with E-state index in [1.54, 1.807) is 16.2 Å². The maximum Gasteiger partial charge on any atom is 0.239 e. The van der Waals surface area contributed by atoms with Gasteiger partial charge in [0.2, 0.25) is 11.8 Å². The average Bonchev–Trinajstić information content (AvgIpc) is 3.05. The number of carbonyl (C=O) groups excluding carboxylic acids is 2. The van der Waals surface area contributed by atoms with E-state index in [4.69, 9.17) is 4.98 Å². The number of nitrogens with one attached hydrogen (secondary N) is 1. The summed E-state index contributed by atoms with van der Waals surface area (Å²) in [5, 5.41) is 3.76. The van der Waals surface area contributed by atoms with E-state index in [-0.39, 0.29) is 24.3 Å². The van der Waals surface area contributed by atoms with Crippen LogP contribution in [0.5, 0.6) is 0 Å². The summed E-state index contributed by atoms with van der Waals surface area (Å²) in [6.07, 6.45) is 1.87. The van der Waals surface area contributed by atoms with Crippen LogP contribution in [-0.4, -0.2) is 54.4 Å². The molecule has 4 rings (SSSR count). The highest BCUT2D eigenvalue weighted by molar-refractivity contribution is 7.22. The summed E-state index contributed by atoms with van der Waals surface area (Å²) in [7, 11) is 0. The van der Waals surface area contributed by atoms with Crippen LogP contribution >= 0.6 is 11.3 Å². The quantitative estimate of drug-likeness (QED) is 0.896. The molecule has 126 valence electrons. The smallest absolute Gasteiger partial charge is 0.239 e. The van der Waals surface area contributed by atoms with E-state index in [9.17, 15) is 9.59 Å². The minimum Gasteiger partial charge on any atom is -0.353 e. The van der Waals surface area contributed by atoms with Gasteiger partial charge in [0.15, 0.2) is 5.13 Å². The third-order valence-electron chi connectivity index (χ3n) is 4.67. The van der Waals surface area contributed by atoms with Gasteiger partial charge in [-0.2, -0.15) is 0 Å². The van der Waals surface area contributed by atoms with E-state index < -0.39 is 0 Å². The molecule has 2 fully saturated rings. The van der Waals surface area contributed by atoms with Crippen molar-refractivity contribution >= 4 is 38.5 Å². The van der Waals surface area contributed by atoms with E-state index in [1.807, 2.05) is 18.2 Å². The largest absolute Gasteiger partial charge is 0.353 e. The van der Waals surface area contributed by atoms with E-state index in [0.29, 0.717) is 19.6 Å². The van der Waals surface area contributed by atoms with Gasteiger partial charge < -0.3 is 15.1 Å². The van der Waals surface area contributed by atoms with Gasteiger partial charge in [0.25, 0.3) is 0 Å². The van der Waals surface area contributed by atoms with Crippen molar-refractivity contribution < 1.29 is 9.59 Å². The van der Waals surface area contributed by atoms with Crippen molar-refractivity contribution in [3.63, 3.8) is 0 Å². The third-order valence-corrected chi connectivity index (χ3v) is 5.77. The van der Waals surface area contributed by atoms with Crippen molar-refractivity contribution in [3.8, 4) is 0 Å². The molecular weight excluding hydrogens is 324 g/mol. The number of anilines is 1. The van der Waals surface area contributed by atoms with Crippen LogP contribution in [0.3, 0.4) is 0 Å². The Morgan fingerprint density at radius 3 is 3.00 bits per heavy atom. The fourth-order valence-electron chi connectivity index (χ4n) is 3.43. The molecule has 0 spiro atoms. The lowest BCUT2D eigenvalue weighted by Crippen LogP contribution is -2.53. The normalized spacial score (nSPS) is 21.8. The maximum absolute atomic E-state index is 12.7. The summed E-state index contributed by atoms with van der Waals surface area (Å²) >= 11 is 1.68. The van der Waals surface area contributed by atoms with Crippen LogP contribution in [0, 0.1) is 5.92 Å². The Hall–Kier alpha value is -2.15. The predicted molar refractivity (Wildman–Crippen MR) is 94.1 cm³/mol. The van der Waals surface area contributed by atoms with Gasteiger partial charge in [-0.1, -0.05) is 23.5 Å². The minimum atomic E-state index is -0.0616. The lowest BCUT2D eigenvalue weighted by molar-refractivity contribution is -0.141. The lowest BCUT2D eigenvalue weighted by Gasteiger charge is -2.35. The van der Waals surface area contributed by atoms with Crippen molar-refractivity contribution in [2.75, 3.05) is 37.6 Å². The molecule has 24 heavy (non-hydrogen) atoms. The van der Waals surface area contributed by atoms with E-state index in [1.165, 1.54) is 4.70 Å². The number of aromatic nitrogens is 1.